The summed E-state index contributed by atoms with van der Waals surface area (Å²) in [7, 11) is 3.53. The zero-order chi connectivity index (χ0) is 22.5. The van der Waals surface area contributed by atoms with Crippen LogP contribution in [0.25, 0.3) is 5.69 Å². The molecule has 4 aromatic rings. The summed E-state index contributed by atoms with van der Waals surface area (Å²) in [6, 6.07) is 27.5. The van der Waals surface area contributed by atoms with Gasteiger partial charge < -0.3 is 4.90 Å². The van der Waals surface area contributed by atoms with Crippen molar-refractivity contribution >= 4 is 29.3 Å². The summed E-state index contributed by atoms with van der Waals surface area (Å²) in [5, 5.41) is 9.86. The number of hydrogen-bond acceptors (Lipinski definition) is 4. The molecule has 0 radical (unpaired) electrons. The lowest BCUT2D eigenvalue weighted by Gasteiger charge is -2.20. The standard InChI is InChI=1S/C25H23ClN4OS/c1-29(2)24(31)23(19-11-7-4-8-12-19)32-25-28-27-22(17-18-9-5-3-6-10-18)30(25)21-15-13-20(26)14-16-21/h3-16,23H,17H2,1-2H3. The Bertz CT molecular complexity index is 1180. The Labute approximate surface area is 197 Å². The predicted octanol–water partition coefficient (Wildman–Crippen LogP) is 5.43. The van der Waals surface area contributed by atoms with E-state index >= 15 is 0 Å². The van der Waals surface area contributed by atoms with Crippen LogP contribution < -0.4 is 0 Å². The largest absolute Gasteiger partial charge is 0.348 e. The van der Waals surface area contributed by atoms with Gasteiger partial charge in [-0.2, -0.15) is 0 Å². The summed E-state index contributed by atoms with van der Waals surface area (Å²) in [6.07, 6.45) is 0.620. The number of carbonyl (C=O) groups excluding carboxylic acids is 1. The second-order valence-corrected chi connectivity index (χ2v) is 9.02. The van der Waals surface area contributed by atoms with E-state index < -0.39 is 5.25 Å². The molecule has 32 heavy (non-hydrogen) atoms. The van der Waals surface area contributed by atoms with Gasteiger partial charge in [-0.15, -0.1) is 10.2 Å². The molecule has 7 heteroatoms. The molecule has 0 bridgehead atoms. The summed E-state index contributed by atoms with van der Waals surface area (Å²) < 4.78 is 2.01. The minimum atomic E-state index is -0.439. The Kier molecular flexibility index (Phi) is 6.93. The fourth-order valence-corrected chi connectivity index (χ4v) is 4.69. The van der Waals surface area contributed by atoms with Crippen molar-refractivity contribution in [3.05, 3.63) is 107 Å². The molecule has 0 aliphatic rings. The number of amides is 1. The van der Waals surface area contributed by atoms with Gasteiger partial charge >= 0.3 is 0 Å². The van der Waals surface area contributed by atoms with E-state index in [1.807, 2.05) is 77.4 Å². The van der Waals surface area contributed by atoms with Crippen molar-refractivity contribution < 1.29 is 4.79 Å². The molecule has 0 spiro atoms. The third-order valence-electron chi connectivity index (χ3n) is 4.98. The lowest BCUT2D eigenvalue weighted by atomic mass is 10.1. The number of carbonyl (C=O) groups is 1. The zero-order valence-electron chi connectivity index (χ0n) is 17.9. The Morgan fingerprint density at radius 1 is 0.938 bits per heavy atom. The molecule has 0 fully saturated rings. The molecule has 1 amide bonds. The highest BCUT2D eigenvalue weighted by molar-refractivity contribution is 8.00. The van der Waals surface area contributed by atoms with Crippen LogP contribution in [0, 0.1) is 0 Å². The topological polar surface area (TPSA) is 51.0 Å². The quantitative estimate of drug-likeness (QED) is 0.343. The van der Waals surface area contributed by atoms with Crippen LogP contribution in [0.1, 0.15) is 22.2 Å². The van der Waals surface area contributed by atoms with Crippen LogP contribution in [0.4, 0.5) is 0 Å². The number of halogens is 1. The van der Waals surface area contributed by atoms with Crippen molar-refractivity contribution in [2.75, 3.05) is 14.1 Å². The number of aromatic nitrogens is 3. The van der Waals surface area contributed by atoms with Gasteiger partial charge in [0.15, 0.2) is 5.16 Å². The molecule has 3 aromatic carbocycles. The summed E-state index contributed by atoms with van der Waals surface area (Å²) in [5.74, 6) is 0.793. The van der Waals surface area contributed by atoms with Crippen LogP contribution in [-0.4, -0.2) is 39.7 Å². The summed E-state index contributed by atoms with van der Waals surface area (Å²) in [5.41, 5.74) is 2.96. The van der Waals surface area contributed by atoms with Crippen molar-refractivity contribution in [2.24, 2.45) is 0 Å². The van der Waals surface area contributed by atoms with Gasteiger partial charge in [0.25, 0.3) is 0 Å². The van der Waals surface area contributed by atoms with Crippen LogP contribution in [0.3, 0.4) is 0 Å². The van der Waals surface area contributed by atoms with E-state index in [4.69, 9.17) is 11.6 Å². The first-order valence-corrected chi connectivity index (χ1v) is 11.5. The second kappa shape index (κ2) is 10.0. The van der Waals surface area contributed by atoms with E-state index in [2.05, 4.69) is 22.3 Å². The Morgan fingerprint density at radius 2 is 1.56 bits per heavy atom. The maximum atomic E-state index is 13.1. The molecule has 0 saturated heterocycles. The summed E-state index contributed by atoms with van der Waals surface area (Å²) >= 11 is 7.53. The Balaban J connectivity index is 1.77. The van der Waals surface area contributed by atoms with Crippen molar-refractivity contribution in [3.8, 4) is 5.69 Å². The van der Waals surface area contributed by atoms with Crippen LogP contribution >= 0.6 is 23.4 Å². The van der Waals surface area contributed by atoms with E-state index in [9.17, 15) is 4.79 Å². The number of benzene rings is 3. The maximum Gasteiger partial charge on any atom is 0.240 e. The van der Waals surface area contributed by atoms with Crippen LogP contribution in [0.5, 0.6) is 0 Å². The first-order chi connectivity index (χ1) is 15.5. The first-order valence-electron chi connectivity index (χ1n) is 10.2. The number of nitrogens with zero attached hydrogens (tertiary/aromatic N) is 4. The highest BCUT2D eigenvalue weighted by Crippen LogP contribution is 2.37. The average molecular weight is 463 g/mol. The Hall–Kier alpha value is -3.09. The molecule has 1 aromatic heterocycles. The summed E-state index contributed by atoms with van der Waals surface area (Å²) in [4.78, 5) is 14.7. The van der Waals surface area contributed by atoms with Gasteiger partial charge in [-0.25, -0.2) is 0 Å². The number of likely N-dealkylation sites (N-methyl/N-ethyl adjacent to an activating group) is 1. The molecule has 1 unspecified atom stereocenters. The minimum absolute atomic E-state index is 0.00327. The average Bonchev–Trinajstić information content (AvgIpc) is 3.20. The normalized spacial score (nSPS) is 11.8. The van der Waals surface area contributed by atoms with Gasteiger partial charge in [0.05, 0.1) is 0 Å². The van der Waals surface area contributed by atoms with Gasteiger partial charge in [-0.05, 0) is 35.4 Å². The molecule has 162 valence electrons. The minimum Gasteiger partial charge on any atom is -0.348 e. The van der Waals surface area contributed by atoms with E-state index in [0.29, 0.717) is 16.6 Å². The van der Waals surface area contributed by atoms with Gasteiger partial charge in [0, 0.05) is 31.2 Å². The molecule has 0 aliphatic carbocycles. The molecule has 0 aliphatic heterocycles. The van der Waals surface area contributed by atoms with E-state index in [-0.39, 0.29) is 5.91 Å². The molecule has 0 N–H and O–H groups in total. The van der Waals surface area contributed by atoms with Gasteiger partial charge in [0.1, 0.15) is 11.1 Å². The van der Waals surface area contributed by atoms with Gasteiger partial charge in [-0.3, -0.25) is 9.36 Å². The fraction of sp³-hybridized carbons (Fsp3) is 0.160. The number of rotatable bonds is 7. The number of hydrogen-bond donors (Lipinski definition) is 0. The second-order valence-electron chi connectivity index (χ2n) is 7.51. The SMILES string of the molecule is CN(C)C(=O)C(Sc1nnc(Cc2ccccc2)n1-c1ccc(Cl)cc1)c1ccccc1. The highest BCUT2D eigenvalue weighted by atomic mass is 35.5. The zero-order valence-corrected chi connectivity index (χ0v) is 19.4. The molecular weight excluding hydrogens is 440 g/mol. The molecule has 1 atom stereocenters. The predicted molar refractivity (Wildman–Crippen MR) is 129 cm³/mol. The van der Waals surface area contributed by atoms with Crippen molar-refractivity contribution in [1.29, 1.82) is 0 Å². The van der Waals surface area contributed by atoms with Crippen LogP contribution in [-0.2, 0) is 11.2 Å². The molecular formula is C25H23ClN4OS. The lowest BCUT2D eigenvalue weighted by molar-refractivity contribution is -0.128. The third-order valence-corrected chi connectivity index (χ3v) is 6.42. The fourth-order valence-electron chi connectivity index (χ4n) is 3.35. The maximum absolute atomic E-state index is 13.1. The highest BCUT2D eigenvalue weighted by Gasteiger charge is 2.27. The van der Waals surface area contributed by atoms with Crippen LogP contribution in [0.15, 0.2) is 90.1 Å². The van der Waals surface area contributed by atoms with Gasteiger partial charge in [0.2, 0.25) is 5.91 Å². The molecule has 4 rings (SSSR count). The van der Waals surface area contributed by atoms with Crippen molar-refractivity contribution in [1.82, 2.24) is 19.7 Å². The Morgan fingerprint density at radius 3 is 2.19 bits per heavy atom. The molecule has 5 nitrogen and oxygen atoms in total. The monoisotopic (exact) mass is 462 g/mol. The number of thioether (sulfide) groups is 1. The van der Waals surface area contributed by atoms with Crippen molar-refractivity contribution in [3.63, 3.8) is 0 Å². The lowest BCUT2D eigenvalue weighted by Crippen LogP contribution is -2.27. The van der Waals surface area contributed by atoms with Gasteiger partial charge in [-0.1, -0.05) is 84.0 Å². The molecule has 1 heterocycles. The van der Waals surface area contributed by atoms with Crippen molar-refractivity contribution in [2.45, 2.75) is 16.8 Å². The summed E-state index contributed by atoms with van der Waals surface area (Å²) in [6.45, 7) is 0. The first kappa shape index (κ1) is 22.1. The van der Waals surface area contributed by atoms with E-state index in [1.165, 1.54) is 11.8 Å². The smallest absolute Gasteiger partial charge is 0.240 e. The molecule has 0 saturated carbocycles. The third kappa shape index (κ3) is 5.03. The van der Waals surface area contributed by atoms with E-state index in [1.54, 1.807) is 19.0 Å². The van der Waals surface area contributed by atoms with E-state index in [0.717, 1.165) is 22.6 Å². The van der Waals surface area contributed by atoms with Crippen LogP contribution in [0.2, 0.25) is 5.02 Å².